The molecule has 0 saturated carbocycles. The van der Waals surface area contributed by atoms with Crippen molar-refractivity contribution in [2.45, 2.75) is 12.8 Å². The van der Waals surface area contributed by atoms with Gasteiger partial charge in [-0.2, -0.15) is 12.6 Å². The molecule has 0 aromatic rings. The van der Waals surface area contributed by atoms with Gasteiger partial charge >= 0.3 is 11.9 Å². The topological polar surface area (TPSA) is 113 Å². The molecule has 0 aromatic carbocycles. The number of carbonyl (C=O) groups excluding carboxylic acids is 1. The first-order valence-corrected chi connectivity index (χ1v) is 9.52. The Balaban J connectivity index is 2.48. The Morgan fingerprint density at radius 1 is 0.808 bits per heavy atom. The van der Waals surface area contributed by atoms with Crippen LogP contribution in [0.4, 0.5) is 0 Å². The summed E-state index contributed by atoms with van der Waals surface area (Å²) >= 11 is 3.91. The van der Waals surface area contributed by atoms with Crippen molar-refractivity contribution in [3.8, 4) is 0 Å². The van der Waals surface area contributed by atoms with Gasteiger partial charge in [0.1, 0.15) is 0 Å². The Morgan fingerprint density at radius 3 is 1.69 bits per heavy atom. The number of hydrogen-bond acceptors (Lipinski definition) is 7. The first-order chi connectivity index (χ1) is 12.4. The summed E-state index contributed by atoms with van der Waals surface area (Å²) in [7, 11) is 0. The number of carbonyl (C=O) groups is 3. The van der Waals surface area contributed by atoms with E-state index in [1.807, 2.05) is 9.80 Å². The third-order valence-corrected chi connectivity index (χ3v) is 4.57. The summed E-state index contributed by atoms with van der Waals surface area (Å²) in [5.74, 6) is -1.64. The highest BCUT2D eigenvalue weighted by atomic mass is 32.1. The van der Waals surface area contributed by atoms with E-state index >= 15 is 0 Å². The second kappa shape index (κ2) is 12.9. The zero-order chi connectivity index (χ0) is 19.4. The van der Waals surface area contributed by atoms with Gasteiger partial charge in [0.15, 0.2) is 0 Å². The summed E-state index contributed by atoms with van der Waals surface area (Å²) in [5.41, 5.74) is 0. The van der Waals surface area contributed by atoms with Crippen LogP contribution in [0.1, 0.15) is 12.8 Å². The van der Waals surface area contributed by atoms with Crippen LogP contribution in [0, 0.1) is 0 Å². The van der Waals surface area contributed by atoms with Crippen LogP contribution in [-0.2, 0) is 14.4 Å². The molecular weight excluding hydrogens is 360 g/mol. The fourth-order valence-corrected chi connectivity index (χ4v) is 2.96. The monoisotopic (exact) mass is 390 g/mol. The summed E-state index contributed by atoms with van der Waals surface area (Å²) in [6.45, 7) is 5.24. The van der Waals surface area contributed by atoms with Crippen LogP contribution in [0.2, 0.25) is 0 Å². The number of thiol groups is 1. The average molecular weight is 391 g/mol. The fourth-order valence-electron chi connectivity index (χ4n) is 2.85. The zero-order valence-electron chi connectivity index (χ0n) is 15.1. The van der Waals surface area contributed by atoms with E-state index in [1.54, 1.807) is 0 Å². The van der Waals surface area contributed by atoms with Gasteiger partial charge in [-0.3, -0.25) is 24.2 Å². The van der Waals surface area contributed by atoms with Gasteiger partial charge in [-0.05, 0) is 19.4 Å². The van der Waals surface area contributed by atoms with Crippen LogP contribution in [0.25, 0.3) is 0 Å². The van der Waals surface area contributed by atoms with E-state index in [9.17, 15) is 14.4 Å². The third kappa shape index (κ3) is 10.6. The molecule has 150 valence electrons. The standard InChI is InChI=1S/C16H30N4O5S/c21-14(13-26)17-3-1-2-4-18-5-7-19(11-15(22)23)9-10-20(8-6-18)12-16(24)25/h26H,1-13H2,(H,17,21)(H,22,23)(H,24,25). The summed E-state index contributed by atoms with van der Waals surface area (Å²) in [4.78, 5) is 39.1. The zero-order valence-corrected chi connectivity index (χ0v) is 16.0. The minimum Gasteiger partial charge on any atom is -0.480 e. The highest BCUT2D eigenvalue weighted by Crippen LogP contribution is 2.03. The lowest BCUT2D eigenvalue weighted by atomic mass is 10.2. The summed E-state index contributed by atoms with van der Waals surface area (Å²) < 4.78 is 0. The number of nitrogens with one attached hydrogen (secondary N) is 1. The van der Waals surface area contributed by atoms with Crippen molar-refractivity contribution in [1.82, 2.24) is 20.0 Å². The normalized spacial score (nSPS) is 17.9. The molecule has 10 heteroatoms. The number of amides is 1. The van der Waals surface area contributed by atoms with E-state index in [0.717, 1.165) is 32.5 Å². The molecule has 1 saturated heterocycles. The van der Waals surface area contributed by atoms with Gasteiger partial charge in [0, 0.05) is 45.8 Å². The molecule has 1 fully saturated rings. The van der Waals surface area contributed by atoms with Crippen molar-refractivity contribution in [1.29, 1.82) is 0 Å². The maximum Gasteiger partial charge on any atom is 0.317 e. The second-order valence-corrected chi connectivity index (χ2v) is 6.71. The van der Waals surface area contributed by atoms with Crippen LogP contribution in [0.5, 0.6) is 0 Å². The lowest BCUT2D eigenvalue weighted by Crippen LogP contribution is -2.40. The molecule has 1 aliphatic heterocycles. The Kier molecular flexibility index (Phi) is 11.3. The smallest absolute Gasteiger partial charge is 0.317 e. The molecular formula is C16H30N4O5S. The number of unbranched alkanes of at least 4 members (excludes halogenated alkanes) is 1. The fraction of sp³-hybridized carbons (Fsp3) is 0.812. The summed E-state index contributed by atoms with van der Waals surface area (Å²) in [6.07, 6.45) is 1.76. The number of rotatable bonds is 10. The molecule has 0 aliphatic carbocycles. The first kappa shape index (κ1) is 22.7. The van der Waals surface area contributed by atoms with E-state index in [2.05, 4.69) is 22.8 Å². The van der Waals surface area contributed by atoms with Gasteiger partial charge in [0.2, 0.25) is 5.91 Å². The van der Waals surface area contributed by atoms with Gasteiger partial charge in [-0.25, -0.2) is 0 Å². The van der Waals surface area contributed by atoms with Crippen molar-refractivity contribution in [3.05, 3.63) is 0 Å². The molecule has 0 unspecified atom stereocenters. The molecule has 0 radical (unpaired) electrons. The molecule has 26 heavy (non-hydrogen) atoms. The van der Waals surface area contributed by atoms with Gasteiger partial charge in [0.25, 0.3) is 0 Å². The Bertz CT molecular complexity index is 438. The van der Waals surface area contributed by atoms with Gasteiger partial charge < -0.3 is 20.4 Å². The lowest BCUT2D eigenvalue weighted by Gasteiger charge is -2.25. The third-order valence-electron chi connectivity index (χ3n) is 4.28. The van der Waals surface area contributed by atoms with E-state index in [4.69, 9.17) is 10.2 Å². The molecule has 9 nitrogen and oxygen atoms in total. The van der Waals surface area contributed by atoms with Crippen molar-refractivity contribution in [2.75, 3.05) is 71.2 Å². The van der Waals surface area contributed by atoms with E-state index in [-0.39, 0.29) is 24.7 Å². The van der Waals surface area contributed by atoms with Gasteiger partial charge in [0.05, 0.1) is 18.8 Å². The van der Waals surface area contributed by atoms with Crippen LogP contribution in [0.3, 0.4) is 0 Å². The Hall–Kier alpha value is -1.36. The predicted octanol–water partition coefficient (Wildman–Crippen LogP) is -1.10. The number of hydrogen-bond donors (Lipinski definition) is 4. The highest BCUT2D eigenvalue weighted by molar-refractivity contribution is 7.81. The predicted molar refractivity (Wildman–Crippen MR) is 101 cm³/mol. The summed E-state index contributed by atoms with van der Waals surface area (Å²) in [5, 5.41) is 20.9. The van der Waals surface area contributed by atoms with Crippen LogP contribution in [-0.4, -0.2) is 114 Å². The number of aliphatic carboxylic acids is 2. The van der Waals surface area contributed by atoms with Crippen molar-refractivity contribution < 1.29 is 24.6 Å². The summed E-state index contributed by atoms with van der Waals surface area (Å²) in [6, 6.07) is 0. The molecule has 1 amide bonds. The number of carboxylic acid groups (broad SMARTS) is 2. The number of nitrogens with zero attached hydrogens (tertiary/aromatic N) is 3. The molecule has 0 spiro atoms. The van der Waals surface area contributed by atoms with E-state index in [0.29, 0.717) is 32.7 Å². The largest absolute Gasteiger partial charge is 0.480 e. The van der Waals surface area contributed by atoms with Crippen LogP contribution >= 0.6 is 12.6 Å². The Labute approximate surface area is 159 Å². The molecule has 0 atom stereocenters. The highest BCUT2D eigenvalue weighted by Gasteiger charge is 2.19. The molecule has 0 bridgehead atoms. The van der Waals surface area contributed by atoms with Crippen molar-refractivity contribution in [2.24, 2.45) is 0 Å². The average Bonchev–Trinajstić information content (AvgIpc) is 2.66. The number of carboxylic acids is 2. The van der Waals surface area contributed by atoms with E-state index in [1.165, 1.54) is 0 Å². The maximum atomic E-state index is 11.1. The minimum atomic E-state index is -0.875. The quantitative estimate of drug-likeness (QED) is 0.275. The molecule has 0 aromatic heterocycles. The van der Waals surface area contributed by atoms with Crippen LogP contribution < -0.4 is 5.32 Å². The van der Waals surface area contributed by atoms with Gasteiger partial charge in [-0.15, -0.1) is 0 Å². The second-order valence-electron chi connectivity index (χ2n) is 6.40. The maximum absolute atomic E-state index is 11.1. The molecule has 3 N–H and O–H groups in total. The molecule has 1 heterocycles. The first-order valence-electron chi connectivity index (χ1n) is 8.89. The minimum absolute atomic E-state index is 0.0372. The molecule has 1 aliphatic rings. The molecule has 1 rings (SSSR count). The van der Waals surface area contributed by atoms with Crippen molar-refractivity contribution >= 4 is 30.5 Å². The SMILES string of the molecule is O=C(O)CN1CCN(CCCCNC(=O)CS)CCN(CC(=O)O)CC1. The van der Waals surface area contributed by atoms with E-state index < -0.39 is 11.9 Å². The Morgan fingerprint density at radius 2 is 1.27 bits per heavy atom. The van der Waals surface area contributed by atoms with Crippen molar-refractivity contribution in [3.63, 3.8) is 0 Å². The van der Waals surface area contributed by atoms with Crippen LogP contribution in [0.15, 0.2) is 0 Å². The lowest BCUT2D eigenvalue weighted by molar-refractivity contribution is -0.140. The van der Waals surface area contributed by atoms with Gasteiger partial charge in [-0.1, -0.05) is 0 Å².